The predicted molar refractivity (Wildman–Crippen MR) is 76.6 cm³/mol. The van der Waals surface area contributed by atoms with Gasteiger partial charge in [0, 0.05) is 45.2 Å². The number of aryl methyl sites for hydroxylation is 1. The number of aromatic nitrogens is 2. The largest absolute Gasteiger partial charge is 0.314 e. The Morgan fingerprint density at radius 3 is 2.89 bits per heavy atom. The molecule has 0 amide bonds. The smallest absolute Gasteiger partial charge is 0.136 e. The van der Waals surface area contributed by atoms with Crippen molar-refractivity contribution in [3.05, 3.63) is 28.4 Å². The molecule has 0 bridgehead atoms. The van der Waals surface area contributed by atoms with Crippen LogP contribution in [-0.4, -0.2) is 40.9 Å². The van der Waals surface area contributed by atoms with E-state index in [2.05, 4.69) is 49.4 Å². The summed E-state index contributed by atoms with van der Waals surface area (Å²) in [6, 6.07) is 6.44. The highest BCUT2D eigenvalue weighted by Gasteiger charge is 2.14. The number of piperazine rings is 1. The summed E-state index contributed by atoms with van der Waals surface area (Å²) in [4.78, 5) is 2.49. The van der Waals surface area contributed by atoms with Gasteiger partial charge in [0.1, 0.15) is 4.60 Å². The molecule has 1 aromatic heterocycles. The molecule has 1 aromatic carbocycles. The number of hydrogen-bond acceptors (Lipinski definition) is 3. The monoisotopic (exact) mass is 308 g/mol. The van der Waals surface area contributed by atoms with Gasteiger partial charge in [-0.15, -0.1) is 0 Å². The molecular weight excluding hydrogens is 292 g/mol. The maximum Gasteiger partial charge on any atom is 0.136 e. The molecule has 0 saturated carbocycles. The first kappa shape index (κ1) is 12.1. The molecule has 1 fully saturated rings. The van der Waals surface area contributed by atoms with Crippen molar-refractivity contribution >= 4 is 26.8 Å². The van der Waals surface area contributed by atoms with Crippen molar-refractivity contribution in [2.24, 2.45) is 7.05 Å². The van der Waals surface area contributed by atoms with Crippen LogP contribution in [0.2, 0.25) is 0 Å². The molecule has 1 aliphatic rings. The summed E-state index contributed by atoms with van der Waals surface area (Å²) < 4.78 is 2.88. The molecule has 1 saturated heterocycles. The fourth-order valence-corrected chi connectivity index (χ4v) is 3.27. The Balaban J connectivity index is 1.95. The summed E-state index contributed by atoms with van der Waals surface area (Å²) in [7, 11) is 1.99. The molecule has 2 heterocycles. The summed E-state index contributed by atoms with van der Waals surface area (Å²) in [6.45, 7) is 5.42. The zero-order valence-corrected chi connectivity index (χ0v) is 12.1. The van der Waals surface area contributed by atoms with E-state index in [0.717, 1.165) is 37.3 Å². The molecule has 18 heavy (non-hydrogen) atoms. The lowest BCUT2D eigenvalue weighted by atomic mass is 10.1. The molecule has 4 nitrogen and oxygen atoms in total. The van der Waals surface area contributed by atoms with E-state index < -0.39 is 0 Å². The topological polar surface area (TPSA) is 33.1 Å². The minimum absolute atomic E-state index is 0.950. The minimum Gasteiger partial charge on any atom is -0.314 e. The number of benzene rings is 1. The summed E-state index contributed by atoms with van der Waals surface area (Å²) in [6.07, 6.45) is 0. The van der Waals surface area contributed by atoms with Gasteiger partial charge in [-0.2, -0.15) is 5.10 Å². The van der Waals surface area contributed by atoms with E-state index in [4.69, 9.17) is 0 Å². The fourth-order valence-electron chi connectivity index (χ4n) is 2.57. The molecule has 5 heteroatoms. The van der Waals surface area contributed by atoms with Crippen LogP contribution in [0, 0.1) is 0 Å². The highest BCUT2D eigenvalue weighted by atomic mass is 79.9. The molecule has 1 N–H and O–H groups in total. The average molecular weight is 309 g/mol. The van der Waals surface area contributed by atoms with Gasteiger partial charge in [-0.1, -0.05) is 12.1 Å². The van der Waals surface area contributed by atoms with Crippen molar-refractivity contribution in [3.63, 3.8) is 0 Å². The second-order valence-corrected chi connectivity index (χ2v) is 5.50. The van der Waals surface area contributed by atoms with Gasteiger partial charge in [0.05, 0.1) is 5.52 Å². The number of halogens is 1. The Morgan fingerprint density at radius 1 is 1.33 bits per heavy atom. The third-order valence-corrected chi connectivity index (χ3v) is 4.08. The van der Waals surface area contributed by atoms with Crippen molar-refractivity contribution in [1.29, 1.82) is 0 Å². The Kier molecular flexibility index (Phi) is 3.37. The van der Waals surface area contributed by atoms with Crippen LogP contribution in [-0.2, 0) is 13.6 Å². The summed E-state index contributed by atoms with van der Waals surface area (Å²) in [5.41, 5.74) is 2.55. The van der Waals surface area contributed by atoms with Crippen LogP contribution in [0.25, 0.3) is 10.9 Å². The maximum absolute atomic E-state index is 4.45. The van der Waals surface area contributed by atoms with E-state index in [-0.39, 0.29) is 0 Å². The SMILES string of the molecule is Cn1nc(Br)c2c(CN3CCNCC3)cccc21. The Bertz CT molecular complexity index is 557. The number of fused-ring (bicyclic) bond motifs is 1. The molecule has 1 aliphatic heterocycles. The quantitative estimate of drug-likeness (QED) is 0.917. The zero-order chi connectivity index (χ0) is 12.5. The third kappa shape index (κ3) is 2.18. The summed E-state index contributed by atoms with van der Waals surface area (Å²) >= 11 is 3.57. The van der Waals surface area contributed by atoms with Crippen LogP contribution in [0.15, 0.2) is 22.8 Å². The van der Waals surface area contributed by atoms with Crippen LogP contribution in [0.5, 0.6) is 0 Å². The Morgan fingerprint density at radius 2 is 2.11 bits per heavy atom. The lowest BCUT2D eigenvalue weighted by Crippen LogP contribution is -2.42. The highest BCUT2D eigenvalue weighted by molar-refractivity contribution is 9.10. The first-order valence-electron chi connectivity index (χ1n) is 6.29. The van der Waals surface area contributed by atoms with E-state index in [1.807, 2.05) is 11.7 Å². The second-order valence-electron chi connectivity index (χ2n) is 4.75. The standard InChI is InChI=1S/C13H17BrN4/c1-17-11-4-2-3-10(12(11)13(14)16-17)9-18-7-5-15-6-8-18/h2-4,15H,5-9H2,1H3. The maximum atomic E-state index is 4.45. The van der Waals surface area contributed by atoms with E-state index in [1.54, 1.807) is 0 Å². The highest BCUT2D eigenvalue weighted by Crippen LogP contribution is 2.27. The third-order valence-electron chi connectivity index (χ3n) is 3.53. The Labute approximate surface area is 115 Å². The van der Waals surface area contributed by atoms with Crippen molar-refractivity contribution in [3.8, 4) is 0 Å². The van der Waals surface area contributed by atoms with Gasteiger partial charge >= 0.3 is 0 Å². The summed E-state index contributed by atoms with van der Waals surface area (Å²) in [5, 5.41) is 9.08. The van der Waals surface area contributed by atoms with E-state index in [9.17, 15) is 0 Å². The normalized spacial score (nSPS) is 17.4. The van der Waals surface area contributed by atoms with Crippen molar-refractivity contribution in [2.75, 3.05) is 26.2 Å². The molecule has 0 aliphatic carbocycles. The molecule has 3 rings (SSSR count). The molecule has 0 radical (unpaired) electrons. The van der Waals surface area contributed by atoms with Gasteiger partial charge in [-0.25, -0.2) is 0 Å². The van der Waals surface area contributed by atoms with Crippen molar-refractivity contribution < 1.29 is 0 Å². The van der Waals surface area contributed by atoms with Crippen molar-refractivity contribution in [1.82, 2.24) is 20.0 Å². The number of rotatable bonds is 2. The van der Waals surface area contributed by atoms with E-state index in [0.29, 0.717) is 0 Å². The van der Waals surface area contributed by atoms with Crippen LogP contribution in [0.4, 0.5) is 0 Å². The lowest BCUT2D eigenvalue weighted by molar-refractivity contribution is 0.234. The molecule has 2 aromatic rings. The predicted octanol–water partition coefficient (Wildman–Crippen LogP) is 1.74. The average Bonchev–Trinajstić information content (AvgIpc) is 2.67. The molecule has 0 atom stereocenters. The van der Waals surface area contributed by atoms with E-state index >= 15 is 0 Å². The number of hydrogen-bond donors (Lipinski definition) is 1. The molecule has 96 valence electrons. The molecule has 0 unspecified atom stereocenters. The van der Waals surface area contributed by atoms with Crippen molar-refractivity contribution in [2.45, 2.75) is 6.54 Å². The van der Waals surface area contributed by atoms with Gasteiger partial charge in [0.15, 0.2) is 0 Å². The zero-order valence-electron chi connectivity index (χ0n) is 10.5. The minimum atomic E-state index is 0.950. The van der Waals surface area contributed by atoms with Crippen LogP contribution in [0.3, 0.4) is 0 Å². The van der Waals surface area contributed by atoms with Gasteiger partial charge < -0.3 is 5.32 Å². The van der Waals surface area contributed by atoms with Gasteiger partial charge in [0.2, 0.25) is 0 Å². The second kappa shape index (κ2) is 4.99. The molecule has 0 spiro atoms. The van der Waals surface area contributed by atoms with Gasteiger partial charge in [-0.05, 0) is 27.6 Å². The van der Waals surface area contributed by atoms with Crippen LogP contribution < -0.4 is 5.32 Å². The number of nitrogens with one attached hydrogen (secondary N) is 1. The lowest BCUT2D eigenvalue weighted by Gasteiger charge is -2.27. The van der Waals surface area contributed by atoms with Gasteiger partial charge in [0.25, 0.3) is 0 Å². The van der Waals surface area contributed by atoms with Crippen LogP contribution in [0.1, 0.15) is 5.56 Å². The van der Waals surface area contributed by atoms with E-state index in [1.165, 1.54) is 16.5 Å². The first-order chi connectivity index (χ1) is 8.75. The Hall–Kier alpha value is -0.910. The number of nitrogens with zero attached hydrogens (tertiary/aromatic N) is 3. The van der Waals surface area contributed by atoms with Gasteiger partial charge in [-0.3, -0.25) is 9.58 Å². The fraction of sp³-hybridized carbons (Fsp3) is 0.462. The van der Waals surface area contributed by atoms with Crippen LogP contribution >= 0.6 is 15.9 Å². The summed E-state index contributed by atoms with van der Waals surface area (Å²) in [5.74, 6) is 0. The molecular formula is C13H17BrN4. The first-order valence-corrected chi connectivity index (χ1v) is 7.08.